The van der Waals surface area contributed by atoms with Gasteiger partial charge >= 0.3 is 0 Å². The molecule has 1 saturated heterocycles. The third kappa shape index (κ3) is 3.27. The van der Waals surface area contributed by atoms with Gasteiger partial charge in [0.2, 0.25) is 5.91 Å². The molecule has 1 fully saturated rings. The largest absolute Gasteiger partial charge is 0.391 e. The Balaban J connectivity index is 1.94. The lowest BCUT2D eigenvalue weighted by atomic mass is 10.1. The fraction of sp³-hybridized carbons (Fsp3) is 0.538. The van der Waals surface area contributed by atoms with Crippen molar-refractivity contribution in [3.05, 3.63) is 29.6 Å². The van der Waals surface area contributed by atoms with Gasteiger partial charge in [-0.15, -0.1) is 0 Å². The summed E-state index contributed by atoms with van der Waals surface area (Å²) < 4.78 is 0. The number of likely N-dealkylation sites (tertiary alicyclic amines) is 1. The monoisotopic (exact) mass is 234 g/mol. The predicted octanol–water partition coefficient (Wildman–Crippen LogP) is 0.916. The highest BCUT2D eigenvalue weighted by molar-refractivity contribution is 5.78. The van der Waals surface area contributed by atoms with Gasteiger partial charge < -0.3 is 10.0 Å². The number of aliphatic hydroxyl groups excluding tert-OH is 1. The number of amides is 1. The van der Waals surface area contributed by atoms with E-state index in [0.29, 0.717) is 13.0 Å². The zero-order chi connectivity index (χ0) is 12.3. The lowest BCUT2D eigenvalue weighted by Crippen LogP contribution is -2.42. The lowest BCUT2D eigenvalue weighted by Gasteiger charge is -2.30. The van der Waals surface area contributed by atoms with Crippen LogP contribution in [0.3, 0.4) is 0 Å². The number of pyridine rings is 1. The van der Waals surface area contributed by atoms with Crippen LogP contribution in [0.25, 0.3) is 0 Å². The molecule has 0 saturated carbocycles. The molecule has 1 aromatic rings. The van der Waals surface area contributed by atoms with Crippen molar-refractivity contribution < 1.29 is 9.90 Å². The number of aromatic nitrogens is 1. The maximum absolute atomic E-state index is 12.0. The second-order valence-corrected chi connectivity index (χ2v) is 4.62. The molecule has 4 heteroatoms. The molecule has 92 valence electrons. The van der Waals surface area contributed by atoms with Crippen molar-refractivity contribution in [2.24, 2.45) is 0 Å². The SMILES string of the molecule is Cc1ccc(CC(=O)N2CCCC(O)C2)cn1. The first-order valence-corrected chi connectivity index (χ1v) is 6.02. The molecule has 0 aromatic carbocycles. The second kappa shape index (κ2) is 5.27. The third-order valence-electron chi connectivity index (χ3n) is 3.08. The maximum Gasteiger partial charge on any atom is 0.227 e. The molecule has 0 radical (unpaired) electrons. The summed E-state index contributed by atoms with van der Waals surface area (Å²) in [5, 5.41) is 9.52. The minimum absolute atomic E-state index is 0.0782. The van der Waals surface area contributed by atoms with Crippen molar-refractivity contribution >= 4 is 5.91 Å². The molecule has 1 N–H and O–H groups in total. The van der Waals surface area contributed by atoms with Crippen LogP contribution in [0.4, 0.5) is 0 Å². The molecule has 1 unspecified atom stereocenters. The Bertz CT molecular complexity index is 389. The van der Waals surface area contributed by atoms with Crippen molar-refractivity contribution in [1.82, 2.24) is 9.88 Å². The van der Waals surface area contributed by atoms with Gasteiger partial charge in [-0.3, -0.25) is 9.78 Å². The van der Waals surface area contributed by atoms with E-state index < -0.39 is 0 Å². The Kier molecular flexibility index (Phi) is 3.74. The van der Waals surface area contributed by atoms with Crippen LogP contribution < -0.4 is 0 Å². The van der Waals surface area contributed by atoms with E-state index in [9.17, 15) is 9.90 Å². The molecule has 1 atom stereocenters. The normalized spacial score (nSPS) is 20.4. The summed E-state index contributed by atoms with van der Waals surface area (Å²) in [5.74, 6) is 0.0782. The van der Waals surface area contributed by atoms with Gasteiger partial charge in [-0.05, 0) is 31.4 Å². The van der Waals surface area contributed by atoms with Crippen LogP contribution in [0.15, 0.2) is 18.3 Å². The van der Waals surface area contributed by atoms with Gasteiger partial charge in [0.05, 0.1) is 12.5 Å². The summed E-state index contributed by atoms with van der Waals surface area (Å²) in [4.78, 5) is 17.9. The lowest BCUT2D eigenvalue weighted by molar-refractivity contribution is -0.133. The second-order valence-electron chi connectivity index (χ2n) is 4.62. The van der Waals surface area contributed by atoms with Gasteiger partial charge in [-0.2, -0.15) is 0 Å². The van der Waals surface area contributed by atoms with E-state index in [1.54, 1.807) is 11.1 Å². The summed E-state index contributed by atoms with van der Waals surface area (Å²) in [6.45, 7) is 3.15. The minimum Gasteiger partial charge on any atom is -0.391 e. The van der Waals surface area contributed by atoms with Crippen LogP contribution in [-0.2, 0) is 11.2 Å². The summed E-state index contributed by atoms with van der Waals surface area (Å²) in [5.41, 5.74) is 1.88. The number of aliphatic hydroxyl groups is 1. The molecular formula is C13H18N2O2. The zero-order valence-corrected chi connectivity index (χ0v) is 10.1. The molecule has 1 amide bonds. The topological polar surface area (TPSA) is 53.4 Å². The van der Waals surface area contributed by atoms with Crippen molar-refractivity contribution in [3.8, 4) is 0 Å². The molecule has 0 spiro atoms. The van der Waals surface area contributed by atoms with Gasteiger partial charge in [0.15, 0.2) is 0 Å². The summed E-state index contributed by atoms with van der Waals surface area (Å²) in [6, 6.07) is 3.84. The molecule has 0 aliphatic carbocycles. The number of carbonyl (C=O) groups is 1. The van der Waals surface area contributed by atoms with Crippen molar-refractivity contribution in [1.29, 1.82) is 0 Å². The Morgan fingerprint density at radius 2 is 2.41 bits per heavy atom. The molecule has 0 bridgehead atoms. The number of β-amino-alcohol motifs (C(OH)–C–C–N with tert-alkyl or cyclic N) is 1. The van der Waals surface area contributed by atoms with Gasteiger partial charge in [-0.1, -0.05) is 6.07 Å². The summed E-state index contributed by atoms with van der Waals surface area (Å²) in [7, 11) is 0. The highest BCUT2D eigenvalue weighted by atomic mass is 16.3. The average Bonchev–Trinajstić information content (AvgIpc) is 2.32. The van der Waals surface area contributed by atoms with Gasteiger partial charge in [0.25, 0.3) is 0 Å². The van der Waals surface area contributed by atoms with Crippen molar-refractivity contribution in [3.63, 3.8) is 0 Å². The van der Waals surface area contributed by atoms with E-state index in [2.05, 4.69) is 4.98 Å². The summed E-state index contributed by atoms with van der Waals surface area (Å²) in [6.07, 6.45) is 3.45. The number of aryl methyl sites for hydroxylation is 1. The Labute approximate surface area is 101 Å². The molecular weight excluding hydrogens is 216 g/mol. The minimum atomic E-state index is -0.358. The molecule has 4 nitrogen and oxygen atoms in total. The Morgan fingerprint density at radius 1 is 1.59 bits per heavy atom. The number of rotatable bonds is 2. The van der Waals surface area contributed by atoms with Crippen molar-refractivity contribution in [2.45, 2.75) is 32.3 Å². The molecule has 1 aliphatic heterocycles. The van der Waals surface area contributed by atoms with Crippen LogP contribution in [0.5, 0.6) is 0 Å². The van der Waals surface area contributed by atoms with Crippen LogP contribution in [0, 0.1) is 6.92 Å². The number of hydrogen-bond donors (Lipinski definition) is 1. The number of hydrogen-bond acceptors (Lipinski definition) is 3. The standard InChI is InChI=1S/C13H18N2O2/c1-10-4-5-11(8-14-10)7-13(17)15-6-2-3-12(16)9-15/h4-5,8,12,16H,2-3,6-7,9H2,1H3. The fourth-order valence-electron chi connectivity index (χ4n) is 2.07. The smallest absolute Gasteiger partial charge is 0.227 e. The molecule has 2 heterocycles. The first-order valence-electron chi connectivity index (χ1n) is 6.02. The Hall–Kier alpha value is -1.42. The third-order valence-corrected chi connectivity index (χ3v) is 3.08. The van der Waals surface area contributed by atoms with Crippen LogP contribution in [-0.4, -0.2) is 40.1 Å². The first kappa shape index (κ1) is 12.0. The van der Waals surface area contributed by atoms with Crippen LogP contribution >= 0.6 is 0 Å². The van der Waals surface area contributed by atoms with E-state index in [1.807, 2.05) is 19.1 Å². The number of nitrogens with zero attached hydrogens (tertiary/aromatic N) is 2. The van der Waals surface area contributed by atoms with E-state index in [0.717, 1.165) is 30.6 Å². The fourth-order valence-corrected chi connectivity index (χ4v) is 2.07. The predicted molar refractivity (Wildman–Crippen MR) is 64.5 cm³/mol. The van der Waals surface area contributed by atoms with Crippen molar-refractivity contribution in [2.75, 3.05) is 13.1 Å². The molecule has 1 aromatic heterocycles. The molecule has 1 aliphatic rings. The number of piperidine rings is 1. The maximum atomic E-state index is 12.0. The summed E-state index contributed by atoms with van der Waals surface area (Å²) >= 11 is 0. The number of carbonyl (C=O) groups excluding carboxylic acids is 1. The van der Waals surface area contributed by atoms with Crippen LogP contribution in [0.2, 0.25) is 0 Å². The highest BCUT2D eigenvalue weighted by Crippen LogP contribution is 2.11. The quantitative estimate of drug-likeness (QED) is 0.827. The van der Waals surface area contributed by atoms with Crippen LogP contribution in [0.1, 0.15) is 24.1 Å². The first-order chi connectivity index (χ1) is 8.15. The molecule has 2 rings (SSSR count). The van der Waals surface area contributed by atoms with E-state index >= 15 is 0 Å². The Morgan fingerprint density at radius 3 is 3.06 bits per heavy atom. The van der Waals surface area contributed by atoms with Gasteiger partial charge in [0, 0.05) is 25.0 Å². The van der Waals surface area contributed by atoms with E-state index in [-0.39, 0.29) is 12.0 Å². The van der Waals surface area contributed by atoms with E-state index in [1.165, 1.54) is 0 Å². The molecule has 17 heavy (non-hydrogen) atoms. The van der Waals surface area contributed by atoms with E-state index in [4.69, 9.17) is 0 Å². The van der Waals surface area contributed by atoms with Gasteiger partial charge in [-0.25, -0.2) is 0 Å². The zero-order valence-electron chi connectivity index (χ0n) is 10.1. The highest BCUT2D eigenvalue weighted by Gasteiger charge is 2.21. The average molecular weight is 234 g/mol. The van der Waals surface area contributed by atoms with Gasteiger partial charge in [0.1, 0.15) is 0 Å².